The van der Waals surface area contributed by atoms with Gasteiger partial charge < -0.3 is 9.88 Å². The lowest BCUT2D eigenvalue weighted by Gasteiger charge is -2.28. The molecule has 2 aromatic rings. The molecule has 1 unspecified atom stereocenters. The zero-order valence-corrected chi connectivity index (χ0v) is 13.8. The van der Waals surface area contributed by atoms with Crippen molar-refractivity contribution in [3.05, 3.63) is 46.5 Å². The Morgan fingerprint density at radius 2 is 2.29 bits per heavy atom. The van der Waals surface area contributed by atoms with Crippen LogP contribution in [0.2, 0.25) is 0 Å². The van der Waals surface area contributed by atoms with Crippen LogP contribution in [0.3, 0.4) is 0 Å². The summed E-state index contributed by atoms with van der Waals surface area (Å²) in [6.07, 6.45) is 2.91. The zero-order chi connectivity index (χ0) is 14.7. The molecule has 1 aliphatic rings. The molecule has 1 aromatic carbocycles. The number of nitrogens with one attached hydrogen (secondary N) is 1. The van der Waals surface area contributed by atoms with Crippen LogP contribution in [-0.4, -0.2) is 39.8 Å². The van der Waals surface area contributed by atoms with Crippen LogP contribution in [0.4, 0.5) is 0 Å². The van der Waals surface area contributed by atoms with E-state index in [1.54, 1.807) is 0 Å². The van der Waals surface area contributed by atoms with E-state index in [2.05, 4.69) is 65.2 Å². The molecule has 0 amide bonds. The molecule has 1 N–H and O–H groups in total. The molecule has 0 fully saturated rings. The van der Waals surface area contributed by atoms with Crippen molar-refractivity contribution >= 4 is 15.9 Å². The average molecular weight is 350 g/mol. The van der Waals surface area contributed by atoms with Crippen LogP contribution in [0.25, 0.3) is 0 Å². The third-order valence-electron chi connectivity index (χ3n) is 4.05. The van der Waals surface area contributed by atoms with Gasteiger partial charge in [0, 0.05) is 30.1 Å². The zero-order valence-electron chi connectivity index (χ0n) is 12.2. The van der Waals surface area contributed by atoms with Crippen LogP contribution in [0.15, 0.2) is 35.1 Å². The predicted molar refractivity (Wildman–Crippen MR) is 85.9 cm³/mol. The summed E-state index contributed by atoms with van der Waals surface area (Å²) in [4.78, 5) is 2.45. The van der Waals surface area contributed by atoms with Crippen LogP contribution in [0.5, 0.6) is 0 Å². The normalized spacial score (nSPS) is 16.7. The average Bonchev–Trinajstić information content (AvgIpc) is 2.95. The highest BCUT2D eigenvalue weighted by atomic mass is 79.9. The molecule has 21 heavy (non-hydrogen) atoms. The van der Waals surface area contributed by atoms with Gasteiger partial charge in [0.15, 0.2) is 0 Å². The van der Waals surface area contributed by atoms with Crippen LogP contribution in [0.1, 0.15) is 23.9 Å². The Hall–Kier alpha value is -1.24. The molecule has 112 valence electrons. The maximum atomic E-state index is 4.17. The first-order valence-electron chi connectivity index (χ1n) is 7.28. The number of halogens is 1. The lowest BCUT2D eigenvalue weighted by Crippen LogP contribution is -2.35. The van der Waals surface area contributed by atoms with Crippen LogP contribution >= 0.6 is 15.9 Å². The smallest absolute Gasteiger partial charge is 0.147 e. The molecular formula is C15H20BrN5. The molecule has 2 heterocycles. The summed E-state index contributed by atoms with van der Waals surface area (Å²) in [6, 6.07) is 8.90. The number of aromatic nitrogens is 3. The summed E-state index contributed by atoms with van der Waals surface area (Å²) in [5.74, 6) is 1.07. The highest BCUT2D eigenvalue weighted by Gasteiger charge is 2.18. The van der Waals surface area contributed by atoms with Crippen molar-refractivity contribution < 1.29 is 0 Å². The summed E-state index contributed by atoms with van der Waals surface area (Å²) in [5.41, 5.74) is 1.33. The second-order valence-electron chi connectivity index (χ2n) is 5.40. The Labute approximate surface area is 133 Å². The van der Waals surface area contributed by atoms with Crippen molar-refractivity contribution in [3.63, 3.8) is 0 Å². The van der Waals surface area contributed by atoms with Crippen molar-refractivity contribution in [1.82, 2.24) is 25.0 Å². The van der Waals surface area contributed by atoms with Gasteiger partial charge in [0.05, 0.1) is 6.54 Å². The quantitative estimate of drug-likeness (QED) is 0.898. The van der Waals surface area contributed by atoms with Gasteiger partial charge in [-0.15, -0.1) is 10.2 Å². The van der Waals surface area contributed by atoms with Gasteiger partial charge in [0.1, 0.15) is 12.2 Å². The number of hydrogen-bond acceptors (Lipinski definition) is 4. The summed E-state index contributed by atoms with van der Waals surface area (Å²) in [5, 5.41) is 11.6. The molecule has 0 saturated heterocycles. The second-order valence-corrected chi connectivity index (χ2v) is 6.32. The van der Waals surface area contributed by atoms with E-state index >= 15 is 0 Å². The first-order chi connectivity index (χ1) is 10.3. The van der Waals surface area contributed by atoms with Gasteiger partial charge in [0.2, 0.25) is 0 Å². The number of rotatable bonds is 5. The fourth-order valence-corrected chi connectivity index (χ4v) is 3.24. The van der Waals surface area contributed by atoms with Crippen molar-refractivity contribution in [2.45, 2.75) is 25.6 Å². The van der Waals surface area contributed by atoms with Gasteiger partial charge in [-0.25, -0.2) is 0 Å². The molecule has 0 aliphatic carbocycles. The molecule has 0 saturated carbocycles. The van der Waals surface area contributed by atoms with Crippen molar-refractivity contribution in [2.75, 3.05) is 20.1 Å². The Kier molecular flexibility index (Phi) is 4.67. The van der Waals surface area contributed by atoms with E-state index in [-0.39, 0.29) is 0 Å². The van der Waals surface area contributed by atoms with Gasteiger partial charge in [-0.2, -0.15) is 0 Å². The van der Waals surface area contributed by atoms with Crippen molar-refractivity contribution in [1.29, 1.82) is 0 Å². The molecule has 0 spiro atoms. The van der Waals surface area contributed by atoms with E-state index in [0.29, 0.717) is 6.04 Å². The third kappa shape index (κ3) is 3.51. The van der Waals surface area contributed by atoms with E-state index in [1.807, 2.05) is 13.4 Å². The van der Waals surface area contributed by atoms with E-state index in [9.17, 15) is 0 Å². The second kappa shape index (κ2) is 6.68. The first kappa shape index (κ1) is 14.7. The fourth-order valence-electron chi connectivity index (χ4n) is 2.82. The highest BCUT2D eigenvalue weighted by molar-refractivity contribution is 9.10. The van der Waals surface area contributed by atoms with Gasteiger partial charge in [-0.05, 0) is 31.2 Å². The fraction of sp³-hybridized carbons (Fsp3) is 0.467. The maximum Gasteiger partial charge on any atom is 0.147 e. The number of hydrogen-bond donors (Lipinski definition) is 1. The van der Waals surface area contributed by atoms with E-state index < -0.39 is 0 Å². The maximum absolute atomic E-state index is 4.17. The lowest BCUT2D eigenvalue weighted by atomic mass is 10.0. The topological polar surface area (TPSA) is 46.0 Å². The molecular weight excluding hydrogens is 330 g/mol. The molecule has 0 bridgehead atoms. The Balaban J connectivity index is 1.59. The van der Waals surface area contributed by atoms with Crippen molar-refractivity contribution in [2.24, 2.45) is 0 Å². The lowest BCUT2D eigenvalue weighted by molar-refractivity contribution is 0.207. The SMILES string of the molecule is CNC(CCN1CCn2cnnc2C1)c1cccc(Br)c1. The highest BCUT2D eigenvalue weighted by Crippen LogP contribution is 2.21. The standard InChI is InChI=1S/C15H20BrN5/c1-17-14(12-3-2-4-13(16)9-12)5-6-20-7-8-21-11-18-19-15(21)10-20/h2-4,9,11,14,17H,5-8,10H2,1H3. The molecule has 0 radical (unpaired) electrons. The Morgan fingerprint density at radius 3 is 3.10 bits per heavy atom. The predicted octanol–water partition coefficient (Wildman–Crippen LogP) is 2.21. The van der Waals surface area contributed by atoms with E-state index in [4.69, 9.17) is 0 Å². The summed E-state index contributed by atoms with van der Waals surface area (Å²) >= 11 is 3.54. The van der Waals surface area contributed by atoms with Gasteiger partial charge in [-0.1, -0.05) is 28.1 Å². The Bertz CT molecular complexity index is 597. The molecule has 1 aliphatic heterocycles. The summed E-state index contributed by atoms with van der Waals surface area (Å²) in [6.45, 7) is 4.02. The molecule has 1 atom stereocenters. The minimum Gasteiger partial charge on any atom is -0.315 e. The monoisotopic (exact) mass is 349 g/mol. The number of fused-ring (bicyclic) bond motifs is 1. The molecule has 5 nitrogen and oxygen atoms in total. The molecule has 1 aromatic heterocycles. The molecule has 6 heteroatoms. The van der Waals surface area contributed by atoms with E-state index in [1.165, 1.54) is 5.56 Å². The third-order valence-corrected chi connectivity index (χ3v) is 4.54. The first-order valence-corrected chi connectivity index (χ1v) is 8.07. The molecule has 3 rings (SSSR count). The minimum absolute atomic E-state index is 0.377. The van der Waals surface area contributed by atoms with Gasteiger partial charge in [0.25, 0.3) is 0 Å². The summed E-state index contributed by atoms with van der Waals surface area (Å²) in [7, 11) is 2.03. The van der Waals surface area contributed by atoms with Gasteiger partial charge in [-0.3, -0.25) is 4.90 Å². The largest absolute Gasteiger partial charge is 0.315 e. The number of nitrogens with zero attached hydrogens (tertiary/aromatic N) is 4. The van der Waals surface area contributed by atoms with E-state index in [0.717, 1.165) is 42.9 Å². The van der Waals surface area contributed by atoms with Crippen LogP contribution in [-0.2, 0) is 13.1 Å². The van der Waals surface area contributed by atoms with Crippen molar-refractivity contribution in [3.8, 4) is 0 Å². The minimum atomic E-state index is 0.377. The van der Waals surface area contributed by atoms with Crippen LogP contribution in [0, 0.1) is 0 Å². The van der Waals surface area contributed by atoms with Crippen LogP contribution < -0.4 is 5.32 Å². The Morgan fingerprint density at radius 1 is 1.38 bits per heavy atom. The van der Waals surface area contributed by atoms with Gasteiger partial charge >= 0.3 is 0 Å². The number of benzene rings is 1. The summed E-state index contributed by atoms with van der Waals surface area (Å²) < 4.78 is 3.27.